The lowest BCUT2D eigenvalue weighted by Crippen LogP contribution is -2.48. The van der Waals surface area contributed by atoms with E-state index in [4.69, 9.17) is 14.2 Å². The van der Waals surface area contributed by atoms with Gasteiger partial charge in [0.25, 0.3) is 0 Å². The summed E-state index contributed by atoms with van der Waals surface area (Å²) in [5.74, 6) is 0.192. The topological polar surface area (TPSA) is 71.5 Å². The summed E-state index contributed by atoms with van der Waals surface area (Å²) in [4.78, 5) is 15.6. The summed E-state index contributed by atoms with van der Waals surface area (Å²) in [6, 6.07) is 13.0. The molecule has 2 heterocycles. The van der Waals surface area contributed by atoms with E-state index in [9.17, 15) is 9.90 Å². The molecule has 166 valence electrons. The summed E-state index contributed by atoms with van der Waals surface area (Å²) in [5, 5.41) is 9.61. The Morgan fingerprint density at radius 2 is 1.90 bits per heavy atom. The molecule has 2 unspecified atom stereocenters. The Hall–Kier alpha value is -2.29. The van der Waals surface area contributed by atoms with Gasteiger partial charge >= 0.3 is 0 Å². The average Bonchev–Trinajstić information content (AvgIpc) is 3.14. The van der Waals surface area contributed by atoms with E-state index in [-0.39, 0.29) is 17.8 Å². The fourth-order valence-corrected chi connectivity index (χ4v) is 4.68. The van der Waals surface area contributed by atoms with E-state index in [0.717, 1.165) is 47.7 Å². The second kappa shape index (κ2) is 9.06. The minimum atomic E-state index is -0.896. The van der Waals surface area contributed by atoms with E-state index >= 15 is 0 Å². The highest BCUT2D eigenvalue weighted by atomic mass is 79.9. The van der Waals surface area contributed by atoms with Crippen LogP contribution in [0.25, 0.3) is 0 Å². The highest BCUT2D eigenvalue weighted by Gasteiger charge is 2.40. The molecule has 0 saturated carbocycles. The van der Waals surface area contributed by atoms with Crippen molar-refractivity contribution in [2.75, 3.05) is 44.3 Å². The first-order valence-corrected chi connectivity index (χ1v) is 11.2. The van der Waals surface area contributed by atoms with Gasteiger partial charge in [-0.25, -0.2) is 0 Å². The molecule has 2 aliphatic rings. The van der Waals surface area contributed by atoms with Crippen molar-refractivity contribution in [3.63, 3.8) is 0 Å². The quantitative estimate of drug-likeness (QED) is 0.691. The second-order valence-electron chi connectivity index (χ2n) is 7.96. The van der Waals surface area contributed by atoms with E-state index in [0.29, 0.717) is 13.2 Å². The van der Waals surface area contributed by atoms with Gasteiger partial charge in [0, 0.05) is 48.8 Å². The molecule has 0 aliphatic carbocycles. The van der Waals surface area contributed by atoms with E-state index < -0.39 is 5.79 Å². The monoisotopic (exact) mass is 490 g/mol. The number of phenols is 1. The van der Waals surface area contributed by atoms with E-state index in [1.165, 1.54) is 0 Å². The Balaban J connectivity index is 1.30. The summed E-state index contributed by atoms with van der Waals surface area (Å²) >= 11 is 3.46. The lowest BCUT2D eigenvalue weighted by Gasteiger charge is -2.35. The zero-order valence-electron chi connectivity index (χ0n) is 17.7. The number of rotatable bonds is 5. The summed E-state index contributed by atoms with van der Waals surface area (Å²) < 4.78 is 18.7. The van der Waals surface area contributed by atoms with Crippen molar-refractivity contribution >= 4 is 27.5 Å². The van der Waals surface area contributed by atoms with Crippen LogP contribution in [-0.4, -0.2) is 61.4 Å². The first-order valence-electron chi connectivity index (χ1n) is 10.4. The van der Waals surface area contributed by atoms with Gasteiger partial charge in [-0.2, -0.15) is 0 Å². The van der Waals surface area contributed by atoms with Crippen LogP contribution in [0.2, 0.25) is 0 Å². The first kappa shape index (κ1) is 21.9. The van der Waals surface area contributed by atoms with Gasteiger partial charge in [0.1, 0.15) is 24.2 Å². The van der Waals surface area contributed by atoms with E-state index in [1.54, 1.807) is 25.1 Å². The van der Waals surface area contributed by atoms with Crippen molar-refractivity contribution in [2.45, 2.75) is 25.7 Å². The number of ether oxygens (including phenoxy) is 3. The third-order valence-electron chi connectivity index (χ3n) is 5.74. The molecular weight excluding hydrogens is 464 g/mol. The summed E-state index contributed by atoms with van der Waals surface area (Å²) in [7, 11) is 0. The molecule has 2 atom stereocenters. The van der Waals surface area contributed by atoms with Crippen molar-refractivity contribution in [1.82, 2.24) is 4.90 Å². The number of phenolic OH excluding ortho intramolecular Hbond substituents is 1. The van der Waals surface area contributed by atoms with Crippen LogP contribution in [0.15, 0.2) is 46.9 Å². The minimum Gasteiger partial charge on any atom is -0.508 e. The van der Waals surface area contributed by atoms with Crippen molar-refractivity contribution in [3.8, 4) is 11.5 Å². The normalized spacial score (nSPS) is 23.8. The van der Waals surface area contributed by atoms with Crippen LogP contribution in [0.4, 0.5) is 5.69 Å². The summed E-state index contributed by atoms with van der Waals surface area (Å²) in [5.41, 5.74) is 1.95. The van der Waals surface area contributed by atoms with Crippen LogP contribution in [0, 0.1) is 0 Å². The van der Waals surface area contributed by atoms with Gasteiger partial charge in [0.15, 0.2) is 5.79 Å². The fraction of sp³-hybridized carbons (Fsp3) is 0.435. The van der Waals surface area contributed by atoms with Gasteiger partial charge in [-0.05, 0) is 49.4 Å². The largest absolute Gasteiger partial charge is 0.508 e. The zero-order chi connectivity index (χ0) is 22.0. The lowest BCUT2D eigenvalue weighted by atomic mass is 10.1. The lowest BCUT2D eigenvalue weighted by molar-refractivity contribution is -0.165. The number of piperazine rings is 1. The molecule has 0 spiro atoms. The molecule has 8 heteroatoms. The molecule has 2 fully saturated rings. The Labute approximate surface area is 190 Å². The number of carbonyl (C=O) groups excluding carboxylic acids is 1. The third kappa shape index (κ3) is 4.97. The molecule has 4 rings (SSSR count). The van der Waals surface area contributed by atoms with Gasteiger partial charge in [0.2, 0.25) is 5.91 Å². The minimum absolute atomic E-state index is 0.135. The number of amides is 1. The third-order valence-corrected chi connectivity index (χ3v) is 6.40. The van der Waals surface area contributed by atoms with Gasteiger partial charge in [-0.1, -0.05) is 15.9 Å². The number of benzene rings is 2. The Morgan fingerprint density at radius 3 is 2.55 bits per heavy atom. The van der Waals surface area contributed by atoms with Gasteiger partial charge in [-0.15, -0.1) is 0 Å². The molecule has 0 bridgehead atoms. The molecule has 2 aromatic carbocycles. The molecule has 0 aromatic heterocycles. The SMILES string of the molecule is CC(=O)N1CCN(c2ccc(OCC3COC(C)(c4ccc(O)cc4Br)O3)cc2)CC1. The maximum Gasteiger partial charge on any atom is 0.219 e. The van der Waals surface area contributed by atoms with Crippen LogP contribution in [0.1, 0.15) is 19.4 Å². The molecule has 31 heavy (non-hydrogen) atoms. The average molecular weight is 491 g/mol. The van der Waals surface area contributed by atoms with Crippen molar-refractivity contribution in [3.05, 3.63) is 52.5 Å². The smallest absolute Gasteiger partial charge is 0.219 e. The molecule has 1 N–H and O–H groups in total. The van der Waals surface area contributed by atoms with Crippen molar-refractivity contribution < 1.29 is 24.1 Å². The number of anilines is 1. The highest BCUT2D eigenvalue weighted by Crippen LogP contribution is 2.39. The Kier molecular flexibility index (Phi) is 6.41. The van der Waals surface area contributed by atoms with Crippen LogP contribution in [0.3, 0.4) is 0 Å². The molecule has 1 amide bonds. The fourth-order valence-electron chi connectivity index (χ4n) is 3.96. The summed E-state index contributed by atoms with van der Waals surface area (Å²) in [6.07, 6.45) is -0.204. The second-order valence-corrected chi connectivity index (χ2v) is 8.81. The highest BCUT2D eigenvalue weighted by molar-refractivity contribution is 9.10. The molecule has 0 radical (unpaired) electrons. The molecular formula is C23H27BrN2O5. The van der Waals surface area contributed by atoms with E-state index in [2.05, 4.69) is 20.8 Å². The molecule has 7 nitrogen and oxygen atoms in total. The first-order chi connectivity index (χ1) is 14.8. The van der Waals surface area contributed by atoms with Crippen molar-refractivity contribution in [1.29, 1.82) is 0 Å². The number of nitrogens with zero attached hydrogens (tertiary/aromatic N) is 2. The van der Waals surface area contributed by atoms with E-state index in [1.807, 2.05) is 36.1 Å². The Morgan fingerprint density at radius 1 is 1.19 bits per heavy atom. The summed E-state index contributed by atoms with van der Waals surface area (Å²) in [6.45, 7) is 7.45. The number of hydrogen-bond donors (Lipinski definition) is 1. The van der Waals surface area contributed by atoms with Gasteiger partial charge < -0.3 is 29.1 Å². The number of carbonyl (C=O) groups is 1. The Bertz CT molecular complexity index is 930. The predicted octanol–water partition coefficient (Wildman–Crippen LogP) is 3.49. The maximum atomic E-state index is 11.5. The van der Waals surface area contributed by atoms with Crippen LogP contribution < -0.4 is 9.64 Å². The zero-order valence-corrected chi connectivity index (χ0v) is 19.3. The number of aromatic hydroxyl groups is 1. The molecule has 2 saturated heterocycles. The maximum absolute atomic E-state index is 11.5. The molecule has 2 aromatic rings. The van der Waals surface area contributed by atoms with Crippen LogP contribution >= 0.6 is 15.9 Å². The number of halogens is 1. The van der Waals surface area contributed by atoms with Crippen LogP contribution in [-0.2, 0) is 20.1 Å². The van der Waals surface area contributed by atoms with Crippen molar-refractivity contribution in [2.24, 2.45) is 0 Å². The van der Waals surface area contributed by atoms with Gasteiger partial charge in [-0.3, -0.25) is 4.79 Å². The predicted molar refractivity (Wildman–Crippen MR) is 120 cm³/mol. The standard InChI is InChI=1S/C23H27BrN2O5/c1-16(27)25-9-11-26(12-10-25)17-3-6-19(7-4-17)29-14-20-15-30-23(2,31-20)21-8-5-18(28)13-22(21)24/h3-8,13,20,28H,9-12,14-15H2,1-2H3. The molecule has 2 aliphatic heterocycles. The number of hydrogen-bond acceptors (Lipinski definition) is 6. The van der Waals surface area contributed by atoms with Gasteiger partial charge in [0.05, 0.1) is 6.61 Å². The van der Waals surface area contributed by atoms with Crippen LogP contribution in [0.5, 0.6) is 11.5 Å².